The molecule has 33 heavy (non-hydrogen) atoms. The zero-order valence-corrected chi connectivity index (χ0v) is 19.5. The highest BCUT2D eigenvalue weighted by atomic mass is 16.6. The lowest BCUT2D eigenvalue weighted by atomic mass is 10.0. The monoisotopic (exact) mass is 445 g/mol. The first kappa shape index (κ1) is 22.9. The topological polar surface area (TPSA) is 64.6 Å². The van der Waals surface area contributed by atoms with Gasteiger partial charge in [-0.3, -0.25) is 4.98 Å². The first-order valence-electron chi connectivity index (χ1n) is 11.5. The molecule has 1 saturated heterocycles. The second-order valence-corrected chi connectivity index (χ2v) is 9.27. The van der Waals surface area contributed by atoms with Gasteiger partial charge in [-0.1, -0.05) is 60.7 Å². The van der Waals surface area contributed by atoms with Gasteiger partial charge in [-0.05, 0) is 33.6 Å². The molecule has 2 heterocycles. The van der Waals surface area contributed by atoms with Crippen molar-refractivity contribution in [3.8, 4) is 22.5 Å². The summed E-state index contributed by atoms with van der Waals surface area (Å²) >= 11 is 0. The quantitative estimate of drug-likeness (QED) is 0.490. The minimum absolute atomic E-state index is 0.0380. The second-order valence-electron chi connectivity index (χ2n) is 9.27. The zero-order chi connectivity index (χ0) is 23.3. The van der Waals surface area contributed by atoms with E-state index < -0.39 is 5.60 Å². The Morgan fingerprint density at radius 2 is 1.64 bits per heavy atom. The van der Waals surface area contributed by atoms with Crippen molar-refractivity contribution in [3.05, 3.63) is 66.9 Å². The van der Waals surface area contributed by atoms with Crippen LogP contribution in [0, 0.1) is 0 Å². The van der Waals surface area contributed by atoms with Crippen LogP contribution in [0.1, 0.15) is 33.6 Å². The van der Waals surface area contributed by atoms with Crippen LogP contribution < -0.4 is 4.90 Å². The molecule has 1 fully saturated rings. The van der Waals surface area contributed by atoms with Gasteiger partial charge < -0.3 is 14.4 Å². The average molecular weight is 446 g/mol. The number of hydrogen-bond acceptors (Lipinski definition) is 6. The van der Waals surface area contributed by atoms with Crippen LogP contribution in [0.25, 0.3) is 22.5 Å². The molecule has 4 rings (SSSR count). The van der Waals surface area contributed by atoms with E-state index in [0.29, 0.717) is 6.54 Å². The zero-order valence-electron chi connectivity index (χ0n) is 19.5. The Hall–Kier alpha value is -3.25. The molecule has 172 valence electrons. The molecule has 6 heteroatoms. The molecule has 0 radical (unpaired) electrons. The third-order valence-electron chi connectivity index (χ3n) is 5.41. The first-order valence-corrected chi connectivity index (χ1v) is 11.5. The Morgan fingerprint density at radius 1 is 1.00 bits per heavy atom. The molecule has 2 aromatic carbocycles. The van der Waals surface area contributed by atoms with Crippen LogP contribution >= 0.6 is 0 Å². The van der Waals surface area contributed by atoms with Crippen LogP contribution in [-0.2, 0) is 14.3 Å². The Balaban J connectivity index is 1.53. The van der Waals surface area contributed by atoms with Crippen LogP contribution in [0.15, 0.2) is 66.9 Å². The van der Waals surface area contributed by atoms with Crippen molar-refractivity contribution in [1.82, 2.24) is 9.97 Å². The largest absolute Gasteiger partial charge is 0.458 e. The summed E-state index contributed by atoms with van der Waals surface area (Å²) in [5.74, 6) is 0.483. The van der Waals surface area contributed by atoms with E-state index in [-0.39, 0.29) is 18.7 Å². The minimum Gasteiger partial charge on any atom is -0.458 e. The molecule has 1 aromatic heterocycles. The van der Waals surface area contributed by atoms with Gasteiger partial charge in [0.2, 0.25) is 0 Å². The van der Waals surface area contributed by atoms with Gasteiger partial charge in [0.25, 0.3) is 0 Å². The Labute approximate surface area is 195 Å². The summed E-state index contributed by atoms with van der Waals surface area (Å²) in [6, 6.07) is 20.3. The number of ether oxygens (including phenoxy) is 2. The van der Waals surface area contributed by atoms with E-state index in [2.05, 4.69) is 29.2 Å². The van der Waals surface area contributed by atoms with E-state index in [1.165, 1.54) is 0 Å². The number of anilines is 1. The molecule has 1 aliphatic heterocycles. The molecular formula is C27H31N3O3. The van der Waals surface area contributed by atoms with Crippen molar-refractivity contribution in [1.29, 1.82) is 0 Å². The number of carbonyl (C=O) groups is 1. The fourth-order valence-electron chi connectivity index (χ4n) is 3.98. The van der Waals surface area contributed by atoms with Crippen molar-refractivity contribution >= 4 is 11.8 Å². The second kappa shape index (κ2) is 10.1. The highest BCUT2D eigenvalue weighted by Gasteiger charge is 2.25. The van der Waals surface area contributed by atoms with Gasteiger partial charge in [-0.25, -0.2) is 9.78 Å². The van der Waals surface area contributed by atoms with E-state index in [1.807, 2.05) is 63.4 Å². The Morgan fingerprint density at radius 3 is 2.27 bits per heavy atom. The maximum absolute atomic E-state index is 12.0. The number of aromatic nitrogens is 2. The maximum Gasteiger partial charge on any atom is 0.332 e. The third kappa shape index (κ3) is 6.17. The van der Waals surface area contributed by atoms with Gasteiger partial charge in [-0.2, -0.15) is 0 Å². The van der Waals surface area contributed by atoms with E-state index >= 15 is 0 Å². The predicted molar refractivity (Wildman–Crippen MR) is 130 cm³/mol. The van der Waals surface area contributed by atoms with Crippen LogP contribution in [0.5, 0.6) is 0 Å². The molecule has 0 N–H and O–H groups in total. The lowest BCUT2D eigenvalue weighted by molar-refractivity contribution is -0.162. The van der Waals surface area contributed by atoms with Crippen molar-refractivity contribution in [2.24, 2.45) is 0 Å². The highest BCUT2D eigenvalue weighted by Crippen LogP contribution is 2.31. The fraction of sp³-hybridized carbons (Fsp3) is 0.370. The Bertz CT molecular complexity index is 1060. The van der Waals surface area contributed by atoms with Gasteiger partial charge in [0.05, 0.1) is 23.7 Å². The van der Waals surface area contributed by atoms with Gasteiger partial charge in [0.1, 0.15) is 18.0 Å². The van der Waals surface area contributed by atoms with E-state index in [4.69, 9.17) is 19.4 Å². The van der Waals surface area contributed by atoms with E-state index in [1.54, 1.807) is 0 Å². The molecule has 1 aliphatic rings. The number of nitrogens with zero attached hydrogens (tertiary/aromatic N) is 3. The molecule has 0 amide bonds. The summed E-state index contributed by atoms with van der Waals surface area (Å²) in [5.41, 5.74) is 3.27. The highest BCUT2D eigenvalue weighted by molar-refractivity contribution is 5.78. The number of benzene rings is 2. The summed E-state index contributed by atoms with van der Waals surface area (Å²) in [5, 5.41) is 0. The van der Waals surface area contributed by atoms with Crippen LogP contribution in [0.4, 0.5) is 5.82 Å². The van der Waals surface area contributed by atoms with E-state index in [0.717, 1.165) is 47.7 Å². The number of carbonyl (C=O) groups excluding carboxylic acids is 1. The normalized spacial score (nSPS) is 16.5. The van der Waals surface area contributed by atoms with Crippen LogP contribution in [0.3, 0.4) is 0 Å². The fourth-order valence-corrected chi connectivity index (χ4v) is 3.98. The van der Waals surface area contributed by atoms with Gasteiger partial charge in [0, 0.05) is 24.2 Å². The first-order chi connectivity index (χ1) is 15.9. The molecule has 1 unspecified atom stereocenters. The molecule has 3 aromatic rings. The molecule has 6 nitrogen and oxygen atoms in total. The SMILES string of the molecule is CC(C)(C)OC(=O)COC1CCCN(c2cnc(-c3ccccc3)c(-c3ccccc3)n2)C1. The maximum atomic E-state index is 12.0. The summed E-state index contributed by atoms with van der Waals surface area (Å²) in [7, 11) is 0. The third-order valence-corrected chi connectivity index (χ3v) is 5.41. The molecule has 0 spiro atoms. The van der Waals surface area contributed by atoms with E-state index in [9.17, 15) is 4.79 Å². The number of piperidine rings is 1. The summed E-state index contributed by atoms with van der Waals surface area (Å²) in [4.78, 5) is 24.1. The van der Waals surface area contributed by atoms with Crippen molar-refractivity contribution in [2.45, 2.75) is 45.3 Å². The summed E-state index contributed by atoms with van der Waals surface area (Å²) in [6.07, 6.45) is 3.65. The number of hydrogen-bond donors (Lipinski definition) is 0. The van der Waals surface area contributed by atoms with Gasteiger partial charge in [0.15, 0.2) is 0 Å². The van der Waals surface area contributed by atoms with Crippen molar-refractivity contribution in [2.75, 3.05) is 24.6 Å². The molecular weight excluding hydrogens is 414 g/mol. The van der Waals surface area contributed by atoms with Crippen LogP contribution in [0.2, 0.25) is 0 Å². The summed E-state index contributed by atoms with van der Waals surface area (Å²) < 4.78 is 11.2. The van der Waals surface area contributed by atoms with Crippen molar-refractivity contribution < 1.29 is 14.3 Å². The molecule has 0 aliphatic carbocycles. The number of esters is 1. The predicted octanol–water partition coefficient (Wildman–Crippen LogP) is 5.14. The van der Waals surface area contributed by atoms with Crippen LogP contribution in [-0.4, -0.2) is 47.3 Å². The number of rotatable bonds is 6. The average Bonchev–Trinajstić information content (AvgIpc) is 2.83. The molecule has 1 atom stereocenters. The molecule has 0 bridgehead atoms. The van der Waals surface area contributed by atoms with Gasteiger partial charge in [-0.15, -0.1) is 0 Å². The minimum atomic E-state index is -0.511. The lowest BCUT2D eigenvalue weighted by Gasteiger charge is -2.33. The van der Waals surface area contributed by atoms with Crippen molar-refractivity contribution in [3.63, 3.8) is 0 Å². The lowest BCUT2D eigenvalue weighted by Crippen LogP contribution is -2.41. The van der Waals surface area contributed by atoms with Gasteiger partial charge >= 0.3 is 5.97 Å². The molecule has 0 saturated carbocycles. The smallest absolute Gasteiger partial charge is 0.332 e. The Kier molecular flexibility index (Phi) is 7.04. The summed E-state index contributed by atoms with van der Waals surface area (Å²) in [6.45, 7) is 7.07. The standard InChI is InChI=1S/C27H31N3O3/c1-27(2,3)33-24(31)19-32-22-15-10-16-30(18-22)23-17-28-25(20-11-6-4-7-12-20)26(29-23)21-13-8-5-9-14-21/h4-9,11-14,17,22H,10,15-16,18-19H2,1-3H3.